The topological polar surface area (TPSA) is 91.8 Å². The molecule has 0 radical (unpaired) electrons. The fraction of sp³-hybridized carbons (Fsp3) is 0.562. The summed E-state index contributed by atoms with van der Waals surface area (Å²) in [6.45, 7) is 0.936. The lowest BCUT2D eigenvalue weighted by Crippen LogP contribution is -2.44. The molecular formula is C16H23N3O4. The average Bonchev–Trinajstić information content (AvgIpc) is 2.71. The van der Waals surface area contributed by atoms with Crippen LogP contribution in [0.5, 0.6) is 5.88 Å². The zero-order chi connectivity index (χ0) is 16.7. The molecule has 2 rings (SSSR count). The molecule has 2 N–H and O–H groups in total. The third-order valence-corrected chi connectivity index (χ3v) is 3.85. The normalized spacial score (nSPS) is 18.4. The van der Waals surface area contributed by atoms with Gasteiger partial charge < -0.3 is 20.1 Å². The Labute approximate surface area is 135 Å². The Morgan fingerprint density at radius 1 is 1.52 bits per heavy atom. The molecule has 2 heterocycles. The van der Waals surface area contributed by atoms with Gasteiger partial charge in [-0.25, -0.2) is 4.98 Å². The van der Waals surface area contributed by atoms with Crippen molar-refractivity contribution in [2.45, 2.75) is 31.8 Å². The van der Waals surface area contributed by atoms with Gasteiger partial charge in [0.25, 0.3) is 5.91 Å². The van der Waals surface area contributed by atoms with E-state index < -0.39 is 6.10 Å². The van der Waals surface area contributed by atoms with E-state index >= 15 is 0 Å². The molecule has 1 saturated heterocycles. The van der Waals surface area contributed by atoms with Crippen molar-refractivity contribution in [3.8, 4) is 5.88 Å². The number of nitrogens with one attached hydrogen (secondary N) is 1. The highest BCUT2D eigenvalue weighted by molar-refractivity contribution is 5.87. The summed E-state index contributed by atoms with van der Waals surface area (Å²) >= 11 is 0. The second kappa shape index (κ2) is 8.47. The number of hydrogen-bond acceptors (Lipinski definition) is 5. The lowest BCUT2D eigenvalue weighted by Gasteiger charge is -2.21. The van der Waals surface area contributed by atoms with Gasteiger partial charge in [0.1, 0.15) is 6.10 Å². The van der Waals surface area contributed by atoms with E-state index in [-0.39, 0.29) is 18.4 Å². The summed E-state index contributed by atoms with van der Waals surface area (Å²) in [4.78, 5) is 29.4. The molecule has 1 atom stereocenters. The number of ether oxygens (including phenoxy) is 1. The average molecular weight is 321 g/mol. The Kier molecular flexibility index (Phi) is 6.34. The van der Waals surface area contributed by atoms with Crippen LogP contribution < -0.4 is 10.1 Å². The number of aliphatic hydroxyl groups excluding tert-OH is 1. The SMILES string of the molecule is COc1ncccc1CCNC(=O)CN1CCCCC(O)C1=O. The molecule has 0 aliphatic carbocycles. The number of pyridine rings is 1. The minimum Gasteiger partial charge on any atom is -0.481 e. The summed E-state index contributed by atoms with van der Waals surface area (Å²) in [5, 5.41) is 12.5. The third kappa shape index (κ3) is 4.92. The first-order chi connectivity index (χ1) is 11.1. The molecule has 0 aromatic carbocycles. The van der Waals surface area contributed by atoms with Crippen molar-refractivity contribution in [2.24, 2.45) is 0 Å². The minimum absolute atomic E-state index is 0.0138. The molecule has 1 aliphatic heterocycles. The van der Waals surface area contributed by atoms with Crippen LogP contribution in [0.1, 0.15) is 24.8 Å². The van der Waals surface area contributed by atoms with Gasteiger partial charge in [-0.1, -0.05) is 6.07 Å². The van der Waals surface area contributed by atoms with E-state index in [0.29, 0.717) is 31.8 Å². The Morgan fingerprint density at radius 3 is 3.13 bits per heavy atom. The first kappa shape index (κ1) is 17.2. The summed E-state index contributed by atoms with van der Waals surface area (Å²) in [5.41, 5.74) is 0.913. The maximum atomic E-state index is 12.0. The maximum Gasteiger partial charge on any atom is 0.251 e. The van der Waals surface area contributed by atoms with Crippen molar-refractivity contribution in [1.82, 2.24) is 15.2 Å². The van der Waals surface area contributed by atoms with Crippen molar-refractivity contribution in [3.05, 3.63) is 23.9 Å². The number of carbonyl (C=O) groups is 2. The summed E-state index contributed by atoms with van der Waals surface area (Å²) < 4.78 is 5.16. The number of aliphatic hydroxyl groups is 1. The second-order valence-electron chi connectivity index (χ2n) is 5.54. The number of hydrogen-bond donors (Lipinski definition) is 2. The van der Waals surface area contributed by atoms with Crippen molar-refractivity contribution < 1.29 is 19.4 Å². The smallest absolute Gasteiger partial charge is 0.251 e. The van der Waals surface area contributed by atoms with Gasteiger partial charge in [0.2, 0.25) is 11.8 Å². The van der Waals surface area contributed by atoms with Crippen LogP contribution in [0.15, 0.2) is 18.3 Å². The molecule has 1 fully saturated rings. The fourth-order valence-corrected chi connectivity index (χ4v) is 2.61. The molecule has 2 amide bonds. The lowest BCUT2D eigenvalue weighted by molar-refractivity contribution is -0.142. The van der Waals surface area contributed by atoms with Gasteiger partial charge in [0, 0.05) is 24.8 Å². The van der Waals surface area contributed by atoms with Gasteiger partial charge in [0.05, 0.1) is 13.7 Å². The molecular weight excluding hydrogens is 298 g/mol. The largest absolute Gasteiger partial charge is 0.481 e. The van der Waals surface area contributed by atoms with Crippen LogP contribution in [-0.4, -0.2) is 59.7 Å². The van der Waals surface area contributed by atoms with Crippen LogP contribution in [0.25, 0.3) is 0 Å². The number of amides is 2. The fourth-order valence-electron chi connectivity index (χ4n) is 2.61. The number of likely N-dealkylation sites (tertiary alicyclic amines) is 1. The van der Waals surface area contributed by atoms with E-state index in [2.05, 4.69) is 10.3 Å². The van der Waals surface area contributed by atoms with Gasteiger partial charge in [-0.15, -0.1) is 0 Å². The third-order valence-electron chi connectivity index (χ3n) is 3.85. The van der Waals surface area contributed by atoms with Gasteiger partial charge in [-0.3, -0.25) is 9.59 Å². The summed E-state index contributed by atoms with van der Waals surface area (Å²) in [7, 11) is 1.56. The number of aromatic nitrogens is 1. The predicted octanol–water partition coefficient (Wildman–Crippen LogP) is 0.122. The molecule has 1 aromatic heterocycles. The predicted molar refractivity (Wildman–Crippen MR) is 83.9 cm³/mol. The van der Waals surface area contributed by atoms with E-state index in [4.69, 9.17) is 4.74 Å². The Hall–Kier alpha value is -2.15. The monoisotopic (exact) mass is 321 g/mol. The van der Waals surface area contributed by atoms with E-state index in [1.54, 1.807) is 13.3 Å². The summed E-state index contributed by atoms with van der Waals surface area (Å²) in [6, 6.07) is 3.71. The van der Waals surface area contributed by atoms with Crippen molar-refractivity contribution in [2.75, 3.05) is 26.7 Å². The first-order valence-electron chi connectivity index (χ1n) is 7.83. The number of carbonyl (C=O) groups excluding carboxylic acids is 2. The van der Waals surface area contributed by atoms with Gasteiger partial charge >= 0.3 is 0 Å². The highest BCUT2D eigenvalue weighted by atomic mass is 16.5. The summed E-state index contributed by atoms with van der Waals surface area (Å²) in [6.07, 6.45) is 3.34. The molecule has 0 bridgehead atoms. The number of rotatable bonds is 6. The zero-order valence-corrected chi connectivity index (χ0v) is 13.3. The summed E-state index contributed by atoms with van der Waals surface area (Å²) in [5.74, 6) is -0.0329. The molecule has 0 spiro atoms. The van der Waals surface area contributed by atoms with Crippen molar-refractivity contribution in [3.63, 3.8) is 0 Å². The standard InChI is InChI=1S/C16H23N3O4/c1-23-15-12(5-4-8-18-15)7-9-17-14(21)11-19-10-3-2-6-13(20)16(19)22/h4-5,8,13,20H,2-3,6-7,9-11H2,1H3,(H,17,21). The van der Waals surface area contributed by atoms with Gasteiger partial charge in [-0.2, -0.15) is 0 Å². The Morgan fingerprint density at radius 2 is 2.35 bits per heavy atom. The van der Waals surface area contributed by atoms with Crippen LogP contribution in [0.3, 0.4) is 0 Å². The number of nitrogens with zero attached hydrogens (tertiary/aromatic N) is 2. The lowest BCUT2D eigenvalue weighted by atomic mass is 10.2. The highest BCUT2D eigenvalue weighted by Crippen LogP contribution is 2.14. The van der Waals surface area contributed by atoms with E-state index in [0.717, 1.165) is 18.4 Å². The molecule has 1 unspecified atom stereocenters. The van der Waals surface area contributed by atoms with Crippen LogP contribution in [0.2, 0.25) is 0 Å². The highest BCUT2D eigenvalue weighted by Gasteiger charge is 2.26. The van der Waals surface area contributed by atoms with E-state index in [9.17, 15) is 14.7 Å². The zero-order valence-electron chi connectivity index (χ0n) is 13.3. The number of methoxy groups -OCH3 is 1. The van der Waals surface area contributed by atoms with Gasteiger partial charge in [0.15, 0.2) is 0 Å². The maximum absolute atomic E-state index is 12.0. The van der Waals surface area contributed by atoms with Crippen molar-refractivity contribution in [1.29, 1.82) is 0 Å². The van der Waals surface area contributed by atoms with Crippen molar-refractivity contribution >= 4 is 11.8 Å². The van der Waals surface area contributed by atoms with E-state index in [1.807, 2.05) is 12.1 Å². The molecule has 7 nitrogen and oxygen atoms in total. The van der Waals surface area contributed by atoms with Crippen LogP contribution in [0, 0.1) is 0 Å². The van der Waals surface area contributed by atoms with Gasteiger partial charge in [-0.05, 0) is 31.7 Å². The van der Waals surface area contributed by atoms with Crippen LogP contribution >= 0.6 is 0 Å². The molecule has 1 aromatic rings. The Balaban J connectivity index is 1.79. The first-order valence-corrected chi connectivity index (χ1v) is 7.83. The molecule has 1 aliphatic rings. The molecule has 23 heavy (non-hydrogen) atoms. The molecule has 7 heteroatoms. The van der Waals surface area contributed by atoms with Crippen LogP contribution in [-0.2, 0) is 16.0 Å². The van der Waals surface area contributed by atoms with E-state index in [1.165, 1.54) is 4.90 Å². The minimum atomic E-state index is -0.982. The van der Waals surface area contributed by atoms with Crippen LogP contribution in [0.4, 0.5) is 0 Å². The quantitative estimate of drug-likeness (QED) is 0.777. The molecule has 126 valence electrons. The second-order valence-corrected chi connectivity index (χ2v) is 5.54. The molecule has 0 saturated carbocycles. The Bertz CT molecular complexity index is 550.